The fraction of sp³-hybridized carbons (Fsp3) is 0.929. The summed E-state index contributed by atoms with van der Waals surface area (Å²) >= 11 is 0. The number of hydrogen-bond acceptors (Lipinski definition) is 3. The Morgan fingerprint density at radius 3 is 2.45 bits per heavy atom. The van der Waals surface area contributed by atoms with Crippen molar-refractivity contribution < 1.29 is 8.42 Å². The molecule has 2 rings (SSSR count). The Labute approximate surface area is 122 Å². The van der Waals surface area contributed by atoms with Crippen LogP contribution in [0.4, 0.5) is 0 Å². The van der Waals surface area contributed by atoms with Gasteiger partial charge in [-0.15, -0.1) is 0 Å². The van der Waals surface area contributed by atoms with Gasteiger partial charge in [0.15, 0.2) is 15.8 Å². The van der Waals surface area contributed by atoms with Gasteiger partial charge in [0.1, 0.15) is 0 Å². The number of nitrogens with zero attached hydrogens (tertiary/aromatic N) is 1. The molecule has 6 heteroatoms. The number of nitrogens with one attached hydrogen (secondary N) is 2. The average Bonchev–Trinajstić information content (AvgIpc) is 2.75. The first kappa shape index (κ1) is 15.6. The number of rotatable bonds is 3. The smallest absolute Gasteiger partial charge is 0.191 e. The van der Waals surface area contributed by atoms with Crippen molar-refractivity contribution in [2.75, 3.05) is 25.1 Å². The molecule has 5 nitrogen and oxygen atoms in total. The van der Waals surface area contributed by atoms with E-state index in [1.54, 1.807) is 7.05 Å². The van der Waals surface area contributed by atoms with E-state index in [4.69, 9.17) is 0 Å². The van der Waals surface area contributed by atoms with E-state index >= 15 is 0 Å². The molecule has 1 aliphatic carbocycles. The van der Waals surface area contributed by atoms with Gasteiger partial charge in [0, 0.05) is 19.6 Å². The molecular weight excluding hydrogens is 274 g/mol. The van der Waals surface area contributed by atoms with Crippen LogP contribution in [-0.4, -0.2) is 45.5 Å². The van der Waals surface area contributed by atoms with E-state index in [1.165, 1.54) is 25.7 Å². The molecule has 0 bridgehead atoms. The maximum absolute atomic E-state index is 11.4. The standard InChI is InChI=1S/C14H27N3O2S/c1-11-3-5-12(6-4-11)9-16-14(15-2)17-13-7-8-20(18,19)10-13/h11-13H,3-10H2,1-2H3,(H2,15,16,17). The van der Waals surface area contributed by atoms with Crippen molar-refractivity contribution in [3.63, 3.8) is 0 Å². The highest BCUT2D eigenvalue weighted by Crippen LogP contribution is 2.27. The van der Waals surface area contributed by atoms with Crippen molar-refractivity contribution in [3.8, 4) is 0 Å². The van der Waals surface area contributed by atoms with Crippen molar-refractivity contribution >= 4 is 15.8 Å². The van der Waals surface area contributed by atoms with Crippen molar-refractivity contribution in [2.24, 2.45) is 16.8 Å². The predicted molar refractivity (Wildman–Crippen MR) is 82.7 cm³/mol. The highest BCUT2D eigenvalue weighted by atomic mass is 32.2. The first-order valence-electron chi connectivity index (χ1n) is 7.66. The second kappa shape index (κ2) is 6.78. The maximum atomic E-state index is 11.4. The summed E-state index contributed by atoms with van der Waals surface area (Å²) in [6.45, 7) is 3.26. The van der Waals surface area contributed by atoms with Gasteiger partial charge in [-0.25, -0.2) is 8.42 Å². The van der Waals surface area contributed by atoms with Gasteiger partial charge >= 0.3 is 0 Å². The van der Waals surface area contributed by atoms with Gasteiger partial charge in [0.2, 0.25) is 0 Å². The molecule has 0 aromatic heterocycles. The second-order valence-electron chi connectivity index (χ2n) is 6.32. The Morgan fingerprint density at radius 1 is 1.20 bits per heavy atom. The van der Waals surface area contributed by atoms with Gasteiger partial charge < -0.3 is 10.6 Å². The summed E-state index contributed by atoms with van der Waals surface area (Å²) in [5.41, 5.74) is 0. The SMILES string of the molecule is CN=C(NCC1CCC(C)CC1)NC1CCS(=O)(=O)C1. The minimum absolute atomic E-state index is 0.0116. The van der Waals surface area contributed by atoms with E-state index in [9.17, 15) is 8.42 Å². The van der Waals surface area contributed by atoms with Crippen LogP contribution in [0.1, 0.15) is 39.0 Å². The first-order chi connectivity index (χ1) is 9.48. The van der Waals surface area contributed by atoms with Crippen molar-refractivity contribution in [2.45, 2.75) is 45.1 Å². The highest BCUT2D eigenvalue weighted by molar-refractivity contribution is 7.91. The normalized spacial score (nSPS) is 33.9. The van der Waals surface area contributed by atoms with Crippen LogP contribution < -0.4 is 10.6 Å². The molecule has 1 atom stereocenters. The number of sulfone groups is 1. The number of guanidine groups is 1. The molecule has 1 saturated heterocycles. The van der Waals surface area contributed by atoms with Crippen molar-refractivity contribution in [3.05, 3.63) is 0 Å². The van der Waals surface area contributed by atoms with Crippen LogP contribution in [0.5, 0.6) is 0 Å². The second-order valence-corrected chi connectivity index (χ2v) is 8.55. The third-order valence-electron chi connectivity index (χ3n) is 4.49. The Kier molecular flexibility index (Phi) is 5.29. The Bertz CT molecular complexity index is 439. The van der Waals surface area contributed by atoms with Crippen LogP contribution in [0.15, 0.2) is 4.99 Å². The zero-order chi connectivity index (χ0) is 14.6. The van der Waals surface area contributed by atoms with Gasteiger partial charge in [0.05, 0.1) is 11.5 Å². The number of aliphatic imine (C=N–C) groups is 1. The average molecular weight is 301 g/mol. The van der Waals surface area contributed by atoms with Crippen molar-refractivity contribution in [1.29, 1.82) is 0 Å². The third-order valence-corrected chi connectivity index (χ3v) is 6.26. The molecule has 0 radical (unpaired) electrons. The summed E-state index contributed by atoms with van der Waals surface area (Å²) in [6, 6.07) is 0.0116. The lowest BCUT2D eigenvalue weighted by atomic mass is 9.83. The lowest BCUT2D eigenvalue weighted by molar-refractivity contribution is 0.289. The Balaban J connectivity index is 1.73. The molecule has 1 saturated carbocycles. The molecule has 2 fully saturated rings. The number of hydrogen-bond donors (Lipinski definition) is 2. The molecule has 0 aromatic rings. The van der Waals surface area contributed by atoms with Crippen molar-refractivity contribution in [1.82, 2.24) is 10.6 Å². The minimum Gasteiger partial charge on any atom is -0.356 e. The summed E-state index contributed by atoms with van der Waals surface area (Å²) in [4.78, 5) is 4.20. The third kappa shape index (κ3) is 4.65. The van der Waals surface area contributed by atoms with Crippen LogP contribution in [0.25, 0.3) is 0 Å². The molecule has 1 aliphatic heterocycles. The van der Waals surface area contributed by atoms with E-state index in [0.29, 0.717) is 12.2 Å². The summed E-state index contributed by atoms with van der Waals surface area (Å²) in [6.07, 6.45) is 5.88. The van der Waals surface area contributed by atoms with Crippen LogP contribution in [0, 0.1) is 11.8 Å². The van der Waals surface area contributed by atoms with E-state index in [0.717, 1.165) is 24.3 Å². The monoisotopic (exact) mass is 301 g/mol. The van der Waals surface area contributed by atoms with Gasteiger partial charge in [0.25, 0.3) is 0 Å². The Morgan fingerprint density at radius 2 is 1.90 bits per heavy atom. The van der Waals surface area contributed by atoms with Gasteiger partial charge in [-0.05, 0) is 31.1 Å². The molecule has 2 N–H and O–H groups in total. The largest absolute Gasteiger partial charge is 0.356 e. The highest BCUT2D eigenvalue weighted by Gasteiger charge is 2.28. The fourth-order valence-corrected chi connectivity index (χ4v) is 4.74. The van der Waals surface area contributed by atoms with E-state index in [1.807, 2.05) is 0 Å². The van der Waals surface area contributed by atoms with Gasteiger partial charge in [-0.1, -0.05) is 19.8 Å². The van der Waals surface area contributed by atoms with Gasteiger partial charge in [-0.3, -0.25) is 4.99 Å². The first-order valence-corrected chi connectivity index (χ1v) is 9.48. The molecule has 116 valence electrons. The van der Waals surface area contributed by atoms with E-state index in [2.05, 4.69) is 22.5 Å². The Hall–Kier alpha value is -0.780. The fourth-order valence-electron chi connectivity index (χ4n) is 3.07. The predicted octanol–water partition coefficient (Wildman–Crippen LogP) is 1.16. The molecular formula is C14H27N3O2S. The molecule has 20 heavy (non-hydrogen) atoms. The molecule has 1 unspecified atom stereocenters. The summed E-state index contributed by atoms with van der Waals surface area (Å²) in [5, 5.41) is 6.58. The molecule has 0 spiro atoms. The quantitative estimate of drug-likeness (QED) is 0.606. The summed E-state index contributed by atoms with van der Waals surface area (Å²) < 4.78 is 22.9. The van der Waals surface area contributed by atoms with E-state index < -0.39 is 9.84 Å². The van der Waals surface area contributed by atoms with Crippen LogP contribution in [-0.2, 0) is 9.84 Å². The van der Waals surface area contributed by atoms with Crippen LogP contribution in [0.3, 0.4) is 0 Å². The van der Waals surface area contributed by atoms with Crippen LogP contribution >= 0.6 is 0 Å². The molecule has 0 aromatic carbocycles. The van der Waals surface area contributed by atoms with E-state index in [-0.39, 0.29) is 11.8 Å². The maximum Gasteiger partial charge on any atom is 0.191 e. The topological polar surface area (TPSA) is 70.6 Å². The summed E-state index contributed by atoms with van der Waals surface area (Å²) in [7, 11) is -1.10. The van der Waals surface area contributed by atoms with Crippen LogP contribution in [0.2, 0.25) is 0 Å². The zero-order valence-electron chi connectivity index (χ0n) is 12.6. The zero-order valence-corrected chi connectivity index (χ0v) is 13.4. The molecule has 0 amide bonds. The minimum atomic E-state index is -2.84. The van der Waals surface area contributed by atoms with Gasteiger partial charge in [-0.2, -0.15) is 0 Å². The summed E-state index contributed by atoms with van der Waals surface area (Å²) in [5.74, 6) is 2.85. The molecule has 2 aliphatic rings. The lowest BCUT2D eigenvalue weighted by Gasteiger charge is -2.27. The lowest BCUT2D eigenvalue weighted by Crippen LogP contribution is -2.45. The molecule has 1 heterocycles.